The Labute approximate surface area is 256 Å². The van der Waals surface area contributed by atoms with Crippen LogP contribution in [0.3, 0.4) is 0 Å². The highest BCUT2D eigenvalue weighted by atomic mass is 32.2. The first-order valence-corrected chi connectivity index (χ1v) is 16.8. The van der Waals surface area contributed by atoms with Crippen molar-refractivity contribution in [1.29, 1.82) is 0 Å². The Morgan fingerprint density at radius 1 is 0.767 bits per heavy atom. The van der Waals surface area contributed by atoms with Crippen LogP contribution in [0.25, 0.3) is 0 Å². The highest BCUT2D eigenvalue weighted by molar-refractivity contribution is 7.98. The largest absolute Gasteiger partial charge is 0.467 e. The van der Waals surface area contributed by atoms with E-state index in [0.717, 1.165) is 5.56 Å². The monoisotopic (exact) mass is 624 g/mol. The third-order valence-corrected chi connectivity index (χ3v) is 9.79. The number of esters is 1. The summed E-state index contributed by atoms with van der Waals surface area (Å²) >= 11 is 1.53. The fourth-order valence-electron chi connectivity index (χ4n) is 4.24. The number of nitrogens with one attached hydrogen (secondary N) is 4. The maximum atomic E-state index is 14.0. The number of carbonyl (C=O) groups is 4. The number of amides is 3. The molecule has 0 aliphatic carbocycles. The Kier molecular flexibility index (Phi) is 13.5. The normalized spacial score (nSPS) is 12.4. The summed E-state index contributed by atoms with van der Waals surface area (Å²) in [6, 6.07) is 24.9. The highest BCUT2D eigenvalue weighted by Crippen LogP contribution is 2.38. The average Bonchev–Trinajstić information content (AvgIpc) is 3.05. The van der Waals surface area contributed by atoms with Crippen molar-refractivity contribution in [2.24, 2.45) is 0 Å². The van der Waals surface area contributed by atoms with Gasteiger partial charge in [-0.3, -0.25) is 24.0 Å². The predicted molar refractivity (Wildman–Crippen MR) is 170 cm³/mol. The zero-order chi connectivity index (χ0) is 31.1. The van der Waals surface area contributed by atoms with Gasteiger partial charge in [0.15, 0.2) is 0 Å². The maximum Gasteiger partial charge on any atom is 0.328 e. The van der Waals surface area contributed by atoms with Gasteiger partial charge in [-0.05, 0) is 48.3 Å². The molecule has 0 aliphatic rings. The molecule has 0 spiro atoms. The van der Waals surface area contributed by atoms with Crippen LogP contribution in [-0.2, 0) is 34.9 Å². The van der Waals surface area contributed by atoms with Crippen molar-refractivity contribution in [2.45, 2.75) is 24.9 Å². The lowest BCUT2D eigenvalue weighted by Gasteiger charge is -2.23. The fraction of sp³-hybridized carbons (Fsp3) is 0.290. The van der Waals surface area contributed by atoms with Crippen LogP contribution in [0.2, 0.25) is 0 Å². The van der Waals surface area contributed by atoms with Gasteiger partial charge >= 0.3 is 5.97 Å². The summed E-state index contributed by atoms with van der Waals surface area (Å²) in [5.41, 5.74) is 0.799. The van der Waals surface area contributed by atoms with Crippen molar-refractivity contribution < 1.29 is 28.5 Å². The van der Waals surface area contributed by atoms with Crippen molar-refractivity contribution in [3.05, 3.63) is 96.6 Å². The molecule has 0 saturated carbocycles. The molecule has 0 radical (unpaired) electrons. The molecule has 3 amide bonds. The van der Waals surface area contributed by atoms with E-state index in [9.17, 15) is 23.7 Å². The zero-order valence-corrected chi connectivity index (χ0v) is 25.9. The summed E-state index contributed by atoms with van der Waals surface area (Å²) < 4.78 is 18.9. The fourth-order valence-corrected chi connectivity index (χ4v) is 6.92. The van der Waals surface area contributed by atoms with Crippen molar-refractivity contribution >= 4 is 53.4 Å². The Morgan fingerprint density at radius 2 is 1.33 bits per heavy atom. The van der Waals surface area contributed by atoms with Gasteiger partial charge in [0.05, 0.1) is 20.2 Å². The van der Waals surface area contributed by atoms with Gasteiger partial charge in [0, 0.05) is 17.0 Å². The minimum Gasteiger partial charge on any atom is -0.467 e. The summed E-state index contributed by atoms with van der Waals surface area (Å²) in [6.45, 7) is -0.717. The van der Waals surface area contributed by atoms with Crippen LogP contribution in [0, 0.1) is 0 Å². The molecule has 228 valence electrons. The first kappa shape index (κ1) is 33.6. The van der Waals surface area contributed by atoms with Crippen molar-refractivity contribution in [3.63, 3.8) is 0 Å². The van der Waals surface area contributed by atoms with Gasteiger partial charge in [-0.15, -0.1) is 0 Å². The standard InChI is InChI=1S/C31H37N4O6PS/c1-41-31(39)26(18-19-43-2)35-30(38)27(20-23-12-6-3-7-13-23)34-29(37)21-32-28(36)22-33-42(40,24-14-8-4-9-15-24)25-16-10-5-11-17-25/h3-17,26-27H,18-22H2,1-2H3,(H,32,36)(H,33,40)(H,34,37)(H,35,38)/t26-,27-/m0/s1. The molecule has 3 aromatic carbocycles. The van der Waals surface area contributed by atoms with Crippen LogP contribution in [0.5, 0.6) is 0 Å². The summed E-state index contributed by atoms with van der Waals surface area (Å²) in [5, 5.41) is 11.9. The second-order valence-corrected chi connectivity index (χ2v) is 13.1. The molecule has 0 aromatic heterocycles. The van der Waals surface area contributed by atoms with Crippen LogP contribution in [-0.4, -0.2) is 68.0 Å². The Bertz CT molecular complexity index is 1350. The number of carbonyl (C=O) groups excluding carboxylic acids is 4. The molecule has 0 unspecified atom stereocenters. The lowest BCUT2D eigenvalue weighted by Crippen LogP contribution is -2.54. The summed E-state index contributed by atoms with van der Waals surface area (Å²) in [7, 11) is -2.09. The van der Waals surface area contributed by atoms with E-state index in [0.29, 0.717) is 22.8 Å². The Hall–Kier alpha value is -3.92. The Balaban J connectivity index is 1.63. The van der Waals surface area contributed by atoms with Crippen molar-refractivity contribution in [1.82, 2.24) is 21.0 Å². The molecule has 0 bridgehead atoms. The molecule has 43 heavy (non-hydrogen) atoms. The molecule has 0 fully saturated rings. The number of ether oxygens (including phenoxy) is 1. The van der Waals surface area contributed by atoms with Gasteiger partial charge in [-0.2, -0.15) is 11.8 Å². The van der Waals surface area contributed by atoms with Crippen LogP contribution in [0.4, 0.5) is 0 Å². The maximum absolute atomic E-state index is 14.0. The topological polar surface area (TPSA) is 143 Å². The lowest BCUT2D eigenvalue weighted by atomic mass is 10.0. The number of hydrogen-bond acceptors (Lipinski definition) is 7. The zero-order valence-electron chi connectivity index (χ0n) is 24.2. The first-order chi connectivity index (χ1) is 20.8. The van der Waals surface area contributed by atoms with E-state index in [4.69, 9.17) is 4.74 Å². The SMILES string of the molecule is COC(=O)[C@H](CCSC)NC(=O)[C@H](Cc1ccccc1)NC(=O)CNC(=O)CNP(=O)(c1ccccc1)c1ccccc1. The van der Waals surface area contributed by atoms with E-state index < -0.39 is 49.6 Å². The van der Waals surface area contributed by atoms with E-state index >= 15 is 0 Å². The molecule has 0 aliphatic heterocycles. The summed E-state index contributed by atoms with van der Waals surface area (Å²) in [6.07, 6.45) is 2.42. The van der Waals surface area contributed by atoms with Crippen LogP contribution in [0.1, 0.15) is 12.0 Å². The highest BCUT2D eigenvalue weighted by Gasteiger charge is 2.29. The molecule has 4 N–H and O–H groups in total. The summed E-state index contributed by atoms with van der Waals surface area (Å²) in [5.74, 6) is -1.65. The van der Waals surface area contributed by atoms with E-state index in [-0.39, 0.29) is 13.0 Å². The minimum atomic E-state index is -3.34. The summed E-state index contributed by atoms with van der Waals surface area (Å²) in [4.78, 5) is 51.1. The Morgan fingerprint density at radius 3 is 1.86 bits per heavy atom. The molecular formula is C31H37N4O6PS. The number of benzene rings is 3. The van der Waals surface area contributed by atoms with Crippen LogP contribution < -0.4 is 31.6 Å². The van der Waals surface area contributed by atoms with Gasteiger partial charge in [-0.1, -0.05) is 66.7 Å². The minimum absolute atomic E-state index is 0.168. The molecule has 12 heteroatoms. The van der Waals surface area contributed by atoms with Gasteiger partial charge in [0.1, 0.15) is 12.1 Å². The molecule has 2 atom stereocenters. The number of thioether (sulfide) groups is 1. The van der Waals surface area contributed by atoms with Gasteiger partial charge in [0.25, 0.3) is 0 Å². The van der Waals surface area contributed by atoms with Crippen molar-refractivity contribution in [2.75, 3.05) is 32.2 Å². The van der Waals surface area contributed by atoms with E-state index in [1.807, 2.05) is 48.7 Å². The molecular weight excluding hydrogens is 587 g/mol. The predicted octanol–water partition coefficient (Wildman–Crippen LogP) is 1.76. The molecule has 0 saturated heterocycles. The van der Waals surface area contributed by atoms with Gasteiger partial charge in [-0.25, -0.2) is 4.79 Å². The van der Waals surface area contributed by atoms with Crippen molar-refractivity contribution in [3.8, 4) is 0 Å². The third-order valence-electron chi connectivity index (χ3n) is 6.50. The second kappa shape index (κ2) is 17.3. The average molecular weight is 625 g/mol. The molecule has 0 heterocycles. The lowest BCUT2D eigenvalue weighted by molar-refractivity contribution is -0.145. The van der Waals surface area contributed by atoms with E-state index in [2.05, 4.69) is 21.0 Å². The van der Waals surface area contributed by atoms with Gasteiger partial charge < -0.3 is 20.7 Å². The smallest absolute Gasteiger partial charge is 0.328 e. The number of rotatable bonds is 16. The third kappa shape index (κ3) is 10.4. The molecule has 3 rings (SSSR count). The van der Waals surface area contributed by atoms with Gasteiger partial charge in [0.2, 0.25) is 25.0 Å². The first-order valence-electron chi connectivity index (χ1n) is 13.7. The number of methoxy groups -OCH3 is 1. The molecule has 3 aromatic rings. The van der Waals surface area contributed by atoms with E-state index in [1.54, 1.807) is 48.5 Å². The quantitative estimate of drug-likeness (QED) is 0.140. The van der Waals surface area contributed by atoms with E-state index in [1.165, 1.54) is 18.9 Å². The number of hydrogen-bond donors (Lipinski definition) is 4. The van der Waals surface area contributed by atoms with Crippen LogP contribution >= 0.6 is 19.1 Å². The second-order valence-electron chi connectivity index (χ2n) is 9.57. The molecule has 10 nitrogen and oxygen atoms in total. The van der Waals surface area contributed by atoms with Crippen LogP contribution in [0.15, 0.2) is 91.0 Å².